The Balaban J connectivity index is 1.99. The van der Waals surface area contributed by atoms with Gasteiger partial charge in [-0.3, -0.25) is 0 Å². The smallest absolute Gasteiger partial charge is 0.123 e. The van der Waals surface area contributed by atoms with Crippen LogP contribution in [0.15, 0.2) is 18.2 Å². The van der Waals surface area contributed by atoms with Gasteiger partial charge in [-0.15, -0.1) is 0 Å². The molecule has 0 radical (unpaired) electrons. The third-order valence-corrected chi connectivity index (χ3v) is 4.43. The van der Waals surface area contributed by atoms with Gasteiger partial charge in [-0.25, -0.2) is 4.39 Å². The molecule has 2 fully saturated rings. The first kappa shape index (κ1) is 12.9. The molecule has 0 aliphatic carbocycles. The van der Waals surface area contributed by atoms with Crippen LogP contribution in [0.1, 0.15) is 44.3 Å². The summed E-state index contributed by atoms with van der Waals surface area (Å²) >= 11 is 0. The second-order valence-electron chi connectivity index (χ2n) is 5.80. The van der Waals surface area contributed by atoms with Gasteiger partial charge in [-0.1, -0.05) is 0 Å². The Labute approximate surface area is 112 Å². The van der Waals surface area contributed by atoms with Gasteiger partial charge in [0.1, 0.15) is 5.82 Å². The molecule has 104 valence electrons. The molecule has 4 heteroatoms. The zero-order valence-corrected chi connectivity index (χ0v) is 11.1. The van der Waals surface area contributed by atoms with Crippen molar-refractivity contribution in [2.24, 2.45) is 0 Å². The minimum Gasteiger partial charge on any atom is -0.393 e. The first-order valence-electron chi connectivity index (χ1n) is 7.00. The standard InChI is InChI=1S/C15H20FNO2/c1-9(18)14-6-10(16)2-5-15(14)17-11-3-4-12(17)8-13(19)7-11/h2,5-6,9,11-13,18-19H,3-4,7-8H2,1H3/t9-,11?,12?,13?/m0/s1. The zero-order chi connectivity index (χ0) is 13.6. The highest BCUT2D eigenvalue weighted by Gasteiger charge is 2.41. The predicted octanol–water partition coefficient (Wildman–Crippen LogP) is 2.37. The van der Waals surface area contributed by atoms with Gasteiger partial charge < -0.3 is 15.1 Å². The minimum atomic E-state index is -0.683. The molecule has 2 unspecified atom stereocenters. The first-order chi connectivity index (χ1) is 9.06. The van der Waals surface area contributed by atoms with Gasteiger partial charge in [0, 0.05) is 23.3 Å². The largest absolute Gasteiger partial charge is 0.393 e. The van der Waals surface area contributed by atoms with E-state index in [2.05, 4.69) is 4.90 Å². The maximum atomic E-state index is 13.4. The Morgan fingerprint density at radius 2 is 1.89 bits per heavy atom. The lowest BCUT2D eigenvalue weighted by Gasteiger charge is -2.40. The monoisotopic (exact) mass is 265 g/mol. The van der Waals surface area contributed by atoms with Crippen molar-refractivity contribution < 1.29 is 14.6 Å². The maximum absolute atomic E-state index is 13.4. The van der Waals surface area contributed by atoms with Crippen molar-refractivity contribution in [3.05, 3.63) is 29.6 Å². The van der Waals surface area contributed by atoms with Crippen molar-refractivity contribution in [3.63, 3.8) is 0 Å². The van der Waals surface area contributed by atoms with Gasteiger partial charge in [0.2, 0.25) is 0 Å². The highest BCUT2D eigenvalue weighted by Crippen LogP contribution is 2.41. The van der Waals surface area contributed by atoms with E-state index in [0.29, 0.717) is 17.6 Å². The number of rotatable bonds is 2. The summed E-state index contributed by atoms with van der Waals surface area (Å²) in [6.45, 7) is 1.67. The molecule has 0 amide bonds. The van der Waals surface area contributed by atoms with E-state index in [4.69, 9.17) is 0 Å². The third kappa shape index (κ3) is 2.23. The summed E-state index contributed by atoms with van der Waals surface area (Å²) in [5.41, 5.74) is 1.57. The number of hydrogen-bond donors (Lipinski definition) is 2. The Morgan fingerprint density at radius 3 is 2.47 bits per heavy atom. The summed E-state index contributed by atoms with van der Waals surface area (Å²) in [7, 11) is 0. The summed E-state index contributed by atoms with van der Waals surface area (Å²) in [5, 5.41) is 19.7. The second kappa shape index (κ2) is 4.76. The van der Waals surface area contributed by atoms with Gasteiger partial charge in [0.25, 0.3) is 0 Å². The molecule has 2 N–H and O–H groups in total. The molecule has 19 heavy (non-hydrogen) atoms. The van der Waals surface area contributed by atoms with E-state index >= 15 is 0 Å². The summed E-state index contributed by atoms with van der Waals surface area (Å²) in [4.78, 5) is 2.29. The van der Waals surface area contributed by atoms with Crippen molar-refractivity contribution in [1.29, 1.82) is 0 Å². The number of aliphatic hydroxyl groups excluding tert-OH is 2. The molecule has 2 saturated heterocycles. The Morgan fingerprint density at radius 1 is 1.26 bits per heavy atom. The van der Waals surface area contributed by atoms with Crippen LogP contribution in [0.3, 0.4) is 0 Å². The quantitative estimate of drug-likeness (QED) is 0.863. The molecule has 2 bridgehead atoms. The molecule has 2 aliphatic heterocycles. The number of nitrogens with zero attached hydrogens (tertiary/aromatic N) is 1. The molecule has 1 aromatic rings. The first-order valence-corrected chi connectivity index (χ1v) is 7.00. The molecule has 2 aliphatic rings. The van der Waals surface area contributed by atoms with Crippen LogP contribution in [-0.4, -0.2) is 28.4 Å². The number of anilines is 1. The van der Waals surface area contributed by atoms with Gasteiger partial charge in [0.05, 0.1) is 12.2 Å². The third-order valence-electron chi connectivity index (χ3n) is 4.43. The second-order valence-corrected chi connectivity index (χ2v) is 5.80. The topological polar surface area (TPSA) is 43.7 Å². The van der Waals surface area contributed by atoms with Gasteiger partial charge in [-0.05, 0) is 50.8 Å². The maximum Gasteiger partial charge on any atom is 0.123 e. The highest BCUT2D eigenvalue weighted by atomic mass is 19.1. The van der Waals surface area contributed by atoms with E-state index in [1.54, 1.807) is 13.0 Å². The van der Waals surface area contributed by atoms with E-state index < -0.39 is 6.10 Å². The number of halogens is 1. The van der Waals surface area contributed by atoms with Crippen LogP contribution in [0, 0.1) is 5.82 Å². The van der Waals surface area contributed by atoms with Crippen LogP contribution in [0.5, 0.6) is 0 Å². The van der Waals surface area contributed by atoms with Crippen LogP contribution in [0.2, 0.25) is 0 Å². The zero-order valence-electron chi connectivity index (χ0n) is 11.1. The van der Waals surface area contributed by atoms with Crippen molar-refractivity contribution in [3.8, 4) is 0 Å². The molecular formula is C15H20FNO2. The van der Waals surface area contributed by atoms with E-state index in [0.717, 1.165) is 31.4 Å². The highest BCUT2D eigenvalue weighted by molar-refractivity contribution is 5.57. The summed E-state index contributed by atoms with van der Waals surface area (Å²) in [5.74, 6) is -0.316. The average molecular weight is 265 g/mol. The number of fused-ring (bicyclic) bond motifs is 2. The van der Waals surface area contributed by atoms with Crippen molar-refractivity contribution in [2.75, 3.05) is 4.90 Å². The Bertz CT molecular complexity index is 463. The van der Waals surface area contributed by atoms with Gasteiger partial charge in [0.15, 0.2) is 0 Å². The Kier molecular flexibility index (Phi) is 3.23. The molecule has 0 spiro atoms. The lowest BCUT2D eigenvalue weighted by Crippen LogP contribution is -2.45. The van der Waals surface area contributed by atoms with E-state index in [1.165, 1.54) is 12.1 Å². The molecule has 3 nitrogen and oxygen atoms in total. The number of hydrogen-bond acceptors (Lipinski definition) is 3. The van der Waals surface area contributed by atoms with Crippen molar-refractivity contribution >= 4 is 5.69 Å². The van der Waals surface area contributed by atoms with Crippen LogP contribution >= 0.6 is 0 Å². The fourth-order valence-electron chi connectivity index (χ4n) is 3.64. The van der Waals surface area contributed by atoms with E-state index in [-0.39, 0.29) is 11.9 Å². The van der Waals surface area contributed by atoms with Gasteiger partial charge >= 0.3 is 0 Å². The fraction of sp³-hybridized carbons (Fsp3) is 0.600. The molecule has 3 rings (SSSR count). The lowest BCUT2D eigenvalue weighted by atomic mass is 9.97. The van der Waals surface area contributed by atoms with Crippen LogP contribution < -0.4 is 4.90 Å². The molecular weight excluding hydrogens is 245 g/mol. The van der Waals surface area contributed by atoms with Gasteiger partial charge in [-0.2, -0.15) is 0 Å². The minimum absolute atomic E-state index is 0.218. The van der Waals surface area contributed by atoms with Crippen LogP contribution in [0.4, 0.5) is 10.1 Å². The van der Waals surface area contributed by atoms with Crippen molar-refractivity contribution in [2.45, 2.75) is 56.9 Å². The van der Waals surface area contributed by atoms with Crippen LogP contribution in [-0.2, 0) is 0 Å². The molecule has 0 saturated carbocycles. The predicted molar refractivity (Wildman–Crippen MR) is 71.6 cm³/mol. The number of benzene rings is 1. The average Bonchev–Trinajstić information content (AvgIpc) is 2.62. The molecule has 3 atom stereocenters. The Hall–Kier alpha value is -1.13. The normalized spacial score (nSPS) is 31.6. The molecule has 1 aromatic carbocycles. The SMILES string of the molecule is C[C@H](O)c1cc(F)ccc1N1C2CCC1CC(O)C2. The molecule has 0 aromatic heterocycles. The summed E-state index contributed by atoms with van der Waals surface area (Å²) < 4.78 is 13.4. The molecule has 2 heterocycles. The number of piperidine rings is 1. The van der Waals surface area contributed by atoms with E-state index in [9.17, 15) is 14.6 Å². The number of aliphatic hydroxyl groups is 2. The van der Waals surface area contributed by atoms with E-state index in [1.807, 2.05) is 0 Å². The van der Waals surface area contributed by atoms with Crippen LogP contribution in [0.25, 0.3) is 0 Å². The fourth-order valence-corrected chi connectivity index (χ4v) is 3.64. The summed E-state index contributed by atoms with van der Waals surface area (Å²) in [6.07, 6.45) is 2.78. The van der Waals surface area contributed by atoms with Crippen molar-refractivity contribution in [1.82, 2.24) is 0 Å². The summed E-state index contributed by atoms with van der Waals surface area (Å²) in [6, 6.07) is 5.27. The lowest BCUT2D eigenvalue weighted by molar-refractivity contribution is 0.126.